The first-order chi connectivity index (χ1) is 11.0. The van der Waals surface area contributed by atoms with Crippen molar-refractivity contribution in [3.05, 3.63) is 64.8 Å². The molecule has 0 amide bonds. The molecular weight excluding hydrogens is 506 g/mol. The predicted molar refractivity (Wildman–Crippen MR) is 119 cm³/mol. The van der Waals surface area contributed by atoms with Gasteiger partial charge < -0.3 is 0 Å². The summed E-state index contributed by atoms with van der Waals surface area (Å²) in [6.07, 6.45) is 5.52. The summed E-state index contributed by atoms with van der Waals surface area (Å²) >= 11 is 5.03. The van der Waals surface area contributed by atoms with Gasteiger partial charge in [-0.2, -0.15) is 0 Å². The van der Waals surface area contributed by atoms with Crippen molar-refractivity contribution in [2.45, 2.75) is 59.8 Å². The molecular formula is C21H26I2. The molecule has 124 valence electrons. The lowest BCUT2D eigenvalue weighted by molar-refractivity contribution is 1.02. The standard InChI is InChI=1S/C21H26I2/c1-5-16-10-14(11-17(6-2)20(16)22)9-15-12-18(7-3)21(23)19(8-4)13-15/h10-13H,5-9H2,1-4H3. The molecule has 0 aliphatic heterocycles. The van der Waals surface area contributed by atoms with E-state index in [-0.39, 0.29) is 0 Å². The van der Waals surface area contributed by atoms with Crippen LogP contribution in [0, 0.1) is 7.14 Å². The molecule has 0 N–H and O–H groups in total. The number of aryl methyl sites for hydroxylation is 4. The smallest absolute Gasteiger partial charge is 0.0194 e. The van der Waals surface area contributed by atoms with E-state index in [0.717, 1.165) is 32.1 Å². The van der Waals surface area contributed by atoms with E-state index in [4.69, 9.17) is 0 Å². The maximum absolute atomic E-state index is 2.51. The zero-order chi connectivity index (χ0) is 17.0. The van der Waals surface area contributed by atoms with Crippen LogP contribution in [-0.4, -0.2) is 0 Å². The lowest BCUT2D eigenvalue weighted by Gasteiger charge is -2.14. The molecule has 0 fully saturated rings. The first kappa shape index (κ1) is 19.2. The summed E-state index contributed by atoms with van der Waals surface area (Å²) in [5.41, 5.74) is 8.91. The van der Waals surface area contributed by atoms with E-state index < -0.39 is 0 Å². The van der Waals surface area contributed by atoms with Crippen LogP contribution in [-0.2, 0) is 32.1 Å². The van der Waals surface area contributed by atoms with Crippen LogP contribution in [0.3, 0.4) is 0 Å². The largest absolute Gasteiger partial charge is 0.0613 e. The maximum Gasteiger partial charge on any atom is 0.0194 e. The van der Waals surface area contributed by atoms with Crippen LogP contribution in [0.25, 0.3) is 0 Å². The summed E-state index contributed by atoms with van der Waals surface area (Å²) in [5, 5.41) is 0. The monoisotopic (exact) mass is 532 g/mol. The van der Waals surface area contributed by atoms with Gasteiger partial charge in [0.2, 0.25) is 0 Å². The normalized spacial score (nSPS) is 11.0. The Hall–Kier alpha value is -0.100. The molecule has 0 aliphatic carbocycles. The van der Waals surface area contributed by atoms with E-state index in [9.17, 15) is 0 Å². The maximum atomic E-state index is 2.51. The van der Waals surface area contributed by atoms with Gasteiger partial charge in [-0.15, -0.1) is 0 Å². The van der Waals surface area contributed by atoms with E-state index in [1.807, 2.05) is 0 Å². The number of benzene rings is 2. The topological polar surface area (TPSA) is 0 Å². The van der Waals surface area contributed by atoms with Gasteiger partial charge in [-0.05, 0) is 111 Å². The zero-order valence-electron chi connectivity index (χ0n) is 14.6. The fraction of sp³-hybridized carbons (Fsp3) is 0.429. The Labute approximate surface area is 168 Å². The first-order valence-corrected chi connectivity index (χ1v) is 10.8. The Morgan fingerprint density at radius 1 is 0.565 bits per heavy atom. The third-order valence-electron chi connectivity index (χ3n) is 4.50. The third-order valence-corrected chi connectivity index (χ3v) is 7.27. The number of halogens is 2. The van der Waals surface area contributed by atoms with Gasteiger partial charge in [0.1, 0.15) is 0 Å². The van der Waals surface area contributed by atoms with E-state index in [1.54, 1.807) is 0 Å². The van der Waals surface area contributed by atoms with E-state index in [0.29, 0.717) is 0 Å². The SMILES string of the molecule is CCc1cc(Cc2cc(CC)c(I)c(CC)c2)cc(CC)c1I. The van der Waals surface area contributed by atoms with Crippen molar-refractivity contribution in [2.24, 2.45) is 0 Å². The van der Waals surface area contributed by atoms with Gasteiger partial charge in [-0.25, -0.2) is 0 Å². The molecule has 0 unspecified atom stereocenters. The Bertz CT molecular complexity index is 577. The van der Waals surface area contributed by atoms with Gasteiger partial charge >= 0.3 is 0 Å². The fourth-order valence-corrected chi connectivity index (χ4v) is 5.26. The van der Waals surface area contributed by atoms with E-state index in [2.05, 4.69) is 97.1 Å². The molecule has 23 heavy (non-hydrogen) atoms. The van der Waals surface area contributed by atoms with Crippen LogP contribution >= 0.6 is 45.2 Å². The van der Waals surface area contributed by atoms with Gasteiger partial charge in [-0.1, -0.05) is 52.0 Å². The molecule has 0 saturated heterocycles. The summed E-state index contributed by atoms with van der Waals surface area (Å²) in [6, 6.07) is 9.65. The summed E-state index contributed by atoms with van der Waals surface area (Å²) in [6.45, 7) is 9.04. The summed E-state index contributed by atoms with van der Waals surface area (Å²) < 4.78 is 2.92. The molecule has 0 saturated carbocycles. The molecule has 0 radical (unpaired) electrons. The highest BCUT2D eigenvalue weighted by atomic mass is 127. The van der Waals surface area contributed by atoms with Crippen molar-refractivity contribution >= 4 is 45.2 Å². The third kappa shape index (κ3) is 4.50. The van der Waals surface area contributed by atoms with Crippen LogP contribution in [0.15, 0.2) is 24.3 Å². The molecule has 0 spiro atoms. The highest BCUT2D eigenvalue weighted by molar-refractivity contribution is 14.1. The molecule has 0 heterocycles. The van der Waals surface area contributed by atoms with Crippen molar-refractivity contribution in [1.29, 1.82) is 0 Å². The lowest BCUT2D eigenvalue weighted by atomic mass is 9.95. The lowest BCUT2D eigenvalue weighted by Crippen LogP contribution is -2.01. The quantitative estimate of drug-likeness (QED) is 0.362. The Morgan fingerprint density at radius 3 is 1.04 bits per heavy atom. The molecule has 0 aromatic heterocycles. The van der Waals surface area contributed by atoms with E-state index in [1.165, 1.54) is 40.5 Å². The number of rotatable bonds is 6. The summed E-state index contributed by atoms with van der Waals surface area (Å²) in [7, 11) is 0. The minimum atomic E-state index is 1.05. The first-order valence-electron chi connectivity index (χ1n) is 8.64. The van der Waals surface area contributed by atoms with Crippen LogP contribution in [0.5, 0.6) is 0 Å². The van der Waals surface area contributed by atoms with Crippen LogP contribution in [0.1, 0.15) is 61.1 Å². The van der Waals surface area contributed by atoms with Crippen molar-refractivity contribution < 1.29 is 0 Å². The predicted octanol–water partition coefficient (Wildman–Crippen LogP) is 6.74. The Morgan fingerprint density at radius 2 is 0.826 bits per heavy atom. The second-order valence-electron chi connectivity index (χ2n) is 6.05. The van der Waals surface area contributed by atoms with Crippen LogP contribution in [0.2, 0.25) is 0 Å². The molecule has 2 rings (SSSR count). The van der Waals surface area contributed by atoms with Gasteiger partial charge in [0, 0.05) is 7.14 Å². The second-order valence-corrected chi connectivity index (χ2v) is 8.20. The van der Waals surface area contributed by atoms with Gasteiger partial charge in [-0.3, -0.25) is 0 Å². The van der Waals surface area contributed by atoms with Crippen LogP contribution < -0.4 is 0 Å². The minimum Gasteiger partial charge on any atom is -0.0613 e. The van der Waals surface area contributed by atoms with Crippen molar-refractivity contribution in [3.8, 4) is 0 Å². The molecule has 2 aromatic carbocycles. The van der Waals surface area contributed by atoms with Gasteiger partial charge in [0.25, 0.3) is 0 Å². The number of hydrogen-bond donors (Lipinski definition) is 0. The molecule has 0 bridgehead atoms. The molecule has 0 nitrogen and oxygen atoms in total. The molecule has 2 heteroatoms. The van der Waals surface area contributed by atoms with Gasteiger partial charge in [0.05, 0.1) is 0 Å². The molecule has 0 aliphatic rings. The number of hydrogen-bond acceptors (Lipinski definition) is 0. The average Bonchev–Trinajstić information content (AvgIpc) is 2.57. The zero-order valence-corrected chi connectivity index (χ0v) is 18.9. The Kier molecular flexibility index (Phi) is 7.39. The molecule has 0 atom stereocenters. The van der Waals surface area contributed by atoms with Gasteiger partial charge in [0.15, 0.2) is 0 Å². The highest BCUT2D eigenvalue weighted by Crippen LogP contribution is 2.26. The van der Waals surface area contributed by atoms with Crippen LogP contribution in [0.4, 0.5) is 0 Å². The van der Waals surface area contributed by atoms with Crippen molar-refractivity contribution in [2.75, 3.05) is 0 Å². The summed E-state index contributed by atoms with van der Waals surface area (Å²) in [5.74, 6) is 0. The minimum absolute atomic E-state index is 1.05. The molecule has 2 aromatic rings. The fourth-order valence-electron chi connectivity index (χ4n) is 3.11. The average molecular weight is 532 g/mol. The van der Waals surface area contributed by atoms with Crippen molar-refractivity contribution in [1.82, 2.24) is 0 Å². The second kappa shape index (κ2) is 8.84. The Balaban J connectivity index is 2.43. The highest BCUT2D eigenvalue weighted by Gasteiger charge is 2.10. The van der Waals surface area contributed by atoms with Crippen molar-refractivity contribution in [3.63, 3.8) is 0 Å². The summed E-state index contributed by atoms with van der Waals surface area (Å²) in [4.78, 5) is 0. The van der Waals surface area contributed by atoms with E-state index >= 15 is 0 Å².